The van der Waals surface area contributed by atoms with Crippen LogP contribution in [-0.2, 0) is 14.9 Å². The van der Waals surface area contributed by atoms with Crippen molar-refractivity contribution in [3.8, 4) is 5.75 Å². The van der Waals surface area contributed by atoms with Gasteiger partial charge in [0.2, 0.25) is 0 Å². The van der Waals surface area contributed by atoms with Gasteiger partial charge in [-0.25, -0.2) is 9.78 Å². The van der Waals surface area contributed by atoms with E-state index in [-0.39, 0.29) is 17.0 Å². The molecule has 1 atom stereocenters. The fraction of sp³-hybridized carbons (Fsp3) is 0.304. The first-order valence-electron chi connectivity index (χ1n) is 10.2. The minimum Gasteiger partial charge on any atom is -0.478 e. The smallest absolute Gasteiger partial charge is 0.346 e. The number of benzene rings is 2. The van der Waals surface area contributed by atoms with E-state index in [1.807, 2.05) is 20.8 Å². The first-order valence-corrected chi connectivity index (χ1v) is 11.0. The molecule has 0 radical (unpaired) electrons. The Morgan fingerprint density at radius 1 is 1.26 bits per heavy atom. The third-order valence-corrected chi connectivity index (χ3v) is 5.33. The Balaban J connectivity index is 2.19. The fourth-order valence-electron chi connectivity index (χ4n) is 3.12. The number of ether oxygens (including phenoxy) is 2. The van der Waals surface area contributed by atoms with Crippen molar-refractivity contribution in [1.29, 1.82) is 0 Å². The predicted octanol–water partition coefficient (Wildman–Crippen LogP) is 4.19. The van der Waals surface area contributed by atoms with Gasteiger partial charge in [-0.15, -0.1) is 0 Å². The van der Waals surface area contributed by atoms with Crippen LogP contribution in [0.3, 0.4) is 0 Å². The molecule has 178 valence electrons. The maximum atomic E-state index is 13.3. The van der Waals surface area contributed by atoms with Crippen molar-refractivity contribution in [2.24, 2.45) is 5.10 Å². The van der Waals surface area contributed by atoms with Crippen molar-refractivity contribution in [2.45, 2.75) is 39.2 Å². The van der Waals surface area contributed by atoms with E-state index in [1.54, 1.807) is 18.2 Å². The van der Waals surface area contributed by atoms with Gasteiger partial charge in [0.1, 0.15) is 11.6 Å². The van der Waals surface area contributed by atoms with Crippen LogP contribution in [-0.4, -0.2) is 40.0 Å². The van der Waals surface area contributed by atoms with Gasteiger partial charge >= 0.3 is 5.97 Å². The molecule has 0 amide bonds. The summed E-state index contributed by atoms with van der Waals surface area (Å²) in [4.78, 5) is 40.5. The highest BCUT2D eigenvalue weighted by Crippen LogP contribution is 2.26. The highest BCUT2D eigenvalue weighted by Gasteiger charge is 2.23. The molecule has 1 heterocycles. The molecule has 0 spiro atoms. The molecule has 2 aromatic carbocycles. The van der Waals surface area contributed by atoms with Gasteiger partial charge in [0.25, 0.3) is 11.2 Å². The summed E-state index contributed by atoms with van der Waals surface area (Å²) in [6, 6.07) is 9.05. The van der Waals surface area contributed by atoms with E-state index in [0.29, 0.717) is 21.2 Å². The number of fused-ring (bicyclic) bond motifs is 1. The lowest BCUT2D eigenvalue weighted by Gasteiger charge is -2.21. The molecule has 0 unspecified atom stereocenters. The molecule has 1 aromatic heterocycles. The zero-order chi connectivity index (χ0) is 25.2. The molecule has 0 saturated heterocycles. The minimum absolute atomic E-state index is 0.161. The van der Waals surface area contributed by atoms with Crippen molar-refractivity contribution in [3.05, 3.63) is 72.7 Å². The van der Waals surface area contributed by atoms with Crippen LogP contribution in [0, 0.1) is 10.1 Å². The number of nitrogens with zero attached hydrogens (tertiary/aromatic N) is 4. The molecule has 0 aliphatic rings. The summed E-state index contributed by atoms with van der Waals surface area (Å²) in [5, 5.41) is 16.0. The van der Waals surface area contributed by atoms with Crippen molar-refractivity contribution in [2.75, 3.05) is 7.11 Å². The number of aromatic nitrogens is 2. The number of nitro groups is 1. The molecule has 0 aliphatic carbocycles. The molecule has 34 heavy (non-hydrogen) atoms. The fourth-order valence-corrected chi connectivity index (χ4v) is 3.48. The number of nitro benzene ring substituents is 1. The number of hydrogen-bond acceptors (Lipinski definition) is 8. The molecule has 3 rings (SSSR count). The molecule has 0 fully saturated rings. The van der Waals surface area contributed by atoms with E-state index >= 15 is 0 Å². The van der Waals surface area contributed by atoms with Gasteiger partial charge in [0.05, 0.1) is 29.2 Å². The Morgan fingerprint density at radius 2 is 1.97 bits per heavy atom. The van der Waals surface area contributed by atoms with Crippen molar-refractivity contribution in [3.63, 3.8) is 0 Å². The number of carbonyl (C=O) groups excluding carboxylic acids is 1. The Kier molecular flexibility index (Phi) is 7.15. The van der Waals surface area contributed by atoms with E-state index in [0.717, 1.165) is 0 Å². The molecular weight excluding hydrogens is 508 g/mol. The van der Waals surface area contributed by atoms with Gasteiger partial charge in [0.15, 0.2) is 6.10 Å². The van der Waals surface area contributed by atoms with Gasteiger partial charge in [0, 0.05) is 27.6 Å². The van der Waals surface area contributed by atoms with Crippen LogP contribution >= 0.6 is 15.9 Å². The molecule has 0 saturated carbocycles. The van der Waals surface area contributed by atoms with Gasteiger partial charge in [-0.05, 0) is 31.2 Å². The topological polar surface area (TPSA) is 126 Å². The molecule has 0 bridgehead atoms. The largest absolute Gasteiger partial charge is 0.478 e. The Labute approximate surface area is 203 Å². The van der Waals surface area contributed by atoms with E-state index in [2.05, 4.69) is 30.8 Å². The summed E-state index contributed by atoms with van der Waals surface area (Å²) in [5.41, 5.74) is -0.423. The van der Waals surface area contributed by atoms with E-state index in [9.17, 15) is 19.7 Å². The SMILES string of the molecule is COC(=O)[C@@H](C)Oc1ccc([N+](=O)[O-])cc1C=Nn1c(C(C)(C)C)nc2ccc(Br)cc2c1=O. The van der Waals surface area contributed by atoms with Crippen LogP contribution in [0.4, 0.5) is 5.69 Å². The van der Waals surface area contributed by atoms with E-state index < -0.39 is 28.0 Å². The summed E-state index contributed by atoms with van der Waals surface area (Å²) in [7, 11) is 1.23. The normalized spacial score (nSPS) is 12.6. The van der Waals surface area contributed by atoms with E-state index in [4.69, 9.17) is 4.74 Å². The number of halogens is 1. The second-order valence-electron chi connectivity index (χ2n) is 8.47. The molecule has 10 nitrogen and oxygen atoms in total. The molecule has 3 aromatic rings. The van der Waals surface area contributed by atoms with E-state index in [1.165, 1.54) is 43.1 Å². The molecular formula is C23H23BrN4O6. The van der Waals surface area contributed by atoms with Gasteiger partial charge in [-0.2, -0.15) is 9.78 Å². The van der Waals surface area contributed by atoms with Gasteiger partial charge in [-0.1, -0.05) is 36.7 Å². The zero-order valence-corrected chi connectivity index (χ0v) is 20.8. The average Bonchev–Trinajstić information content (AvgIpc) is 2.77. The third-order valence-electron chi connectivity index (χ3n) is 4.83. The second-order valence-corrected chi connectivity index (χ2v) is 9.39. The van der Waals surface area contributed by atoms with Crippen molar-refractivity contribution >= 4 is 44.7 Å². The van der Waals surface area contributed by atoms with Crippen LogP contribution < -0.4 is 10.3 Å². The van der Waals surface area contributed by atoms with Crippen LogP contribution in [0.25, 0.3) is 10.9 Å². The monoisotopic (exact) mass is 530 g/mol. The number of methoxy groups -OCH3 is 1. The third kappa shape index (κ3) is 5.30. The summed E-state index contributed by atoms with van der Waals surface area (Å²) in [6.45, 7) is 7.17. The van der Waals surface area contributed by atoms with Gasteiger partial charge in [-0.3, -0.25) is 14.9 Å². The molecule has 0 aliphatic heterocycles. The summed E-state index contributed by atoms with van der Waals surface area (Å²) in [5.74, 6) is -0.0507. The van der Waals surface area contributed by atoms with Crippen LogP contribution in [0.5, 0.6) is 5.75 Å². The number of hydrogen-bond donors (Lipinski definition) is 0. The van der Waals surface area contributed by atoms with Crippen LogP contribution in [0.2, 0.25) is 0 Å². The summed E-state index contributed by atoms with van der Waals surface area (Å²) >= 11 is 3.36. The lowest BCUT2D eigenvalue weighted by Crippen LogP contribution is -2.29. The lowest BCUT2D eigenvalue weighted by atomic mass is 9.95. The highest BCUT2D eigenvalue weighted by atomic mass is 79.9. The zero-order valence-electron chi connectivity index (χ0n) is 19.2. The highest BCUT2D eigenvalue weighted by molar-refractivity contribution is 9.10. The van der Waals surface area contributed by atoms with Crippen LogP contribution in [0.1, 0.15) is 39.1 Å². The molecule has 0 N–H and O–H groups in total. The Morgan fingerprint density at radius 3 is 2.59 bits per heavy atom. The Hall–Kier alpha value is -3.60. The van der Waals surface area contributed by atoms with Crippen LogP contribution in [0.15, 0.2) is 50.8 Å². The lowest BCUT2D eigenvalue weighted by molar-refractivity contribution is -0.384. The van der Waals surface area contributed by atoms with Gasteiger partial charge < -0.3 is 9.47 Å². The number of non-ortho nitro benzene ring substituents is 1. The average molecular weight is 531 g/mol. The maximum Gasteiger partial charge on any atom is 0.346 e. The van der Waals surface area contributed by atoms with Crippen molar-refractivity contribution < 1.29 is 19.2 Å². The first kappa shape index (κ1) is 25.0. The minimum atomic E-state index is -0.967. The predicted molar refractivity (Wildman–Crippen MR) is 131 cm³/mol. The summed E-state index contributed by atoms with van der Waals surface area (Å²) < 4.78 is 12.2. The number of esters is 1. The quantitative estimate of drug-likeness (QED) is 0.202. The summed E-state index contributed by atoms with van der Waals surface area (Å²) in [6.07, 6.45) is 0.306. The standard InChI is InChI=1S/C23H23BrN4O6/c1-13(21(30)33-5)34-19-9-7-16(28(31)32)10-14(19)12-25-27-20(29)17-11-15(24)6-8-18(17)26-22(27)23(2,3)4/h6-13H,1-5H3/t13-/m1/s1. The van der Waals surface area contributed by atoms with Crippen molar-refractivity contribution in [1.82, 2.24) is 9.66 Å². The second kappa shape index (κ2) is 9.72. The number of carbonyl (C=O) groups is 1. The maximum absolute atomic E-state index is 13.3. The first-order chi connectivity index (χ1) is 15.9. The number of rotatable bonds is 6. The molecule has 11 heteroatoms. The Bertz CT molecular complexity index is 1360.